The Morgan fingerprint density at radius 3 is 2.75 bits per heavy atom. The van der Waals surface area contributed by atoms with Gasteiger partial charge in [-0.25, -0.2) is 18.1 Å². The number of nitrogens with zero attached hydrogens (tertiary/aromatic N) is 2. The highest BCUT2D eigenvalue weighted by molar-refractivity contribution is 7.89. The van der Waals surface area contributed by atoms with Crippen LogP contribution in [-0.4, -0.2) is 37.8 Å². The molecule has 0 aliphatic carbocycles. The predicted molar refractivity (Wildman–Crippen MR) is 126 cm³/mol. The average molecular weight is 473 g/mol. The topological polar surface area (TPSA) is 108 Å². The van der Waals surface area contributed by atoms with Crippen LogP contribution in [0, 0.1) is 6.92 Å². The molecule has 2 N–H and O–H groups in total. The summed E-state index contributed by atoms with van der Waals surface area (Å²) < 4.78 is 28.8. The van der Waals surface area contributed by atoms with Crippen LogP contribution < -0.4 is 14.9 Å². The summed E-state index contributed by atoms with van der Waals surface area (Å²) in [5, 5.41) is 3.21. The third-order valence-electron chi connectivity index (χ3n) is 5.35. The minimum Gasteiger partial charge on any atom is -0.309 e. The maximum Gasteiger partial charge on any atom is 0.240 e. The summed E-state index contributed by atoms with van der Waals surface area (Å²) in [5.74, 6) is -0.386. The second-order valence-electron chi connectivity index (χ2n) is 7.92. The fraction of sp³-hybridized carbons (Fsp3) is 0.318. The van der Waals surface area contributed by atoms with E-state index in [2.05, 4.69) is 15.0 Å². The second-order valence-corrected chi connectivity index (χ2v) is 10.7. The molecule has 2 aromatic carbocycles. The number of nitrogens with one attached hydrogen (secondary N) is 2. The van der Waals surface area contributed by atoms with Gasteiger partial charge in [-0.2, -0.15) is 0 Å². The third kappa shape index (κ3) is 4.52. The first kappa shape index (κ1) is 22.4. The van der Waals surface area contributed by atoms with E-state index in [1.54, 1.807) is 17.0 Å². The van der Waals surface area contributed by atoms with Gasteiger partial charge >= 0.3 is 0 Å². The van der Waals surface area contributed by atoms with Gasteiger partial charge < -0.3 is 10.2 Å². The minimum absolute atomic E-state index is 0.0106. The minimum atomic E-state index is -3.78. The van der Waals surface area contributed by atoms with Crippen molar-refractivity contribution in [1.82, 2.24) is 9.71 Å². The number of hydrogen-bond acceptors (Lipinski definition) is 6. The number of aryl methyl sites for hydroxylation is 1. The molecule has 1 aliphatic rings. The number of anilines is 2. The summed E-state index contributed by atoms with van der Waals surface area (Å²) in [4.78, 5) is 30.3. The summed E-state index contributed by atoms with van der Waals surface area (Å²) in [6, 6.07) is 10.6. The van der Waals surface area contributed by atoms with Crippen molar-refractivity contribution in [3.63, 3.8) is 0 Å². The standard InChI is InChI=1S/C22H24N4O4S2/c1-13-4-6-18-20(10-13)31-22(24-18)25-21(28)8-9-23-32(29,30)17-5-7-19-16(12-17)11-14(2)26(19)15(3)27/h4-7,10,12,14,23H,8-9,11H2,1-3H3,(H,24,25,28)/t14-/m1/s1. The SMILES string of the molecule is CC(=O)N1c2ccc(S(=O)(=O)NCCC(=O)Nc3nc4ccc(C)cc4s3)cc2C[C@H]1C. The lowest BCUT2D eigenvalue weighted by molar-refractivity contribution is -0.117. The molecule has 0 fully saturated rings. The van der Waals surface area contributed by atoms with Gasteiger partial charge in [-0.3, -0.25) is 9.59 Å². The maximum absolute atomic E-state index is 12.7. The first-order valence-corrected chi connectivity index (χ1v) is 12.5. The molecule has 3 aromatic rings. The zero-order chi connectivity index (χ0) is 23.0. The number of thiazole rings is 1. The van der Waals surface area contributed by atoms with E-state index in [0.717, 1.165) is 27.0 Å². The molecule has 32 heavy (non-hydrogen) atoms. The number of aromatic nitrogens is 1. The zero-order valence-corrected chi connectivity index (χ0v) is 19.6. The largest absolute Gasteiger partial charge is 0.309 e. The lowest BCUT2D eigenvalue weighted by Crippen LogP contribution is -2.33. The molecule has 10 heteroatoms. The Morgan fingerprint density at radius 1 is 1.22 bits per heavy atom. The van der Waals surface area contributed by atoms with Crippen LogP contribution in [0.25, 0.3) is 10.2 Å². The van der Waals surface area contributed by atoms with E-state index in [9.17, 15) is 18.0 Å². The van der Waals surface area contributed by atoms with E-state index in [4.69, 9.17) is 0 Å². The van der Waals surface area contributed by atoms with Gasteiger partial charge in [0.05, 0.1) is 15.1 Å². The van der Waals surface area contributed by atoms with Crippen LogP contribution in [0.5, 0.6) is 0 Å². The first-order valence-electron chi connectivity index (χ1n) is 10.2. The highest BCUT2D eigenvalue weighted by atomic mass is 32.2. The number of fused-ring (bicyclic) bond motifs is 2. The summed E-state index contributed by atoms with van der Waals surface area (Å²) >= 11 is 1.38. The van der Waals surface area contributed by atoms with Crippen LogP contribution in [0.2, 0.25) is 0 Å². The number of carbonyl (C=O) groups excluding carboxylic acids is 2. The van der Waals surface area contributed by atoms with E-state index < -0.39 is 10.0 Å². The molecule has 1 atom stereocenters. The van der Waals surface area contributed by atoms with E-state index >= 15 is 0 Å². The zero-order valence-electron chi connectivity index (χ0n) is 18.0. The second kappa shape index (κ2) is 8.61. The molecule has 2 amide bonds. The number of benzene rings is 2. The molecular weight excluding hydrogens is 448 g/mol. The number of sulfonamides is 1. The fourth-order valence-corrected chi connectivity index (χ4v) is 5.97. The van der Waals surface area contributed by atoms with E-state index in [0.29, 0.717) is 11.6 Å². The molecule has 0 unspecified atom stereocenters. The lowest BCUT2D eigenvalue weighted by Gasteiger charge is -2.20. The fourth-order valence-electron chi connectivity index (χ4n) is 3.90. The van der Waals surface area contributed by atoms with Crippen molar-refractivity contribution in [2.24, 2.45) is 0 Å². The van der Waals surface area contributed by atoms with Gasteiger partial charge in [0, 0.05) is 31.6 Å². The molecule has 2 heterocycles. The Bertz CT molecular complexity index is 1320. The van der Waals surface area contributed by atoms with Crippen LogP contribution in [0.1, 0.15) is 31.4 Å². The van der Waals surface area contributed by atoms with Crippen molar-refractivity contribution in [3.05, 3.63) is 47.5 Å². The summed E-state index contributed by atoms with van der Waals surface area (Å²) in [5.41, 5.74) is 3.49. The van der Waals surface area contributed by atoms with Gasteiger partial charge in [-0.1, -0.05) is 17.4 Å². The Labute approximate surface area is 190 Å². The monoisotopic (exact) mass is 472 g/mol. The van der Waals surface area contributed by atoms with E-state index in [-0.39, 0.29) is 35.7 Å². The molecule has 168 valence electrons. The van der Waals surface area contributed by atoms with Crippen molar-refractivity contribution in [1.29, 1.82) is 0 Å². The molecule has 4 rings (SSSR count). The molecule has 0 saturated heterocycles. The quantitative estimate of drug-likeness (QED) is 0.573. The average Bonchev–Trinajstić information content (AvgIpc) is 3.25. The van der Waals surface area contributed by atoms with Crippen LogP contribution in [0.15, 0.2) is 41.3 Å². The van der Waals surface area contributed by atoms with Crippen molar-refractivity contribution in [2.45, 2.75) is 44.6 Å². The highest BCUT2D eigenvalue weighted by Gasteiger charge is 2.30. The van der Waals surface area contributed by atoms with Crippen LogP contribution in [0.3, 0.4) is 0 Å². The van der Waals surface area contributed by atoms with Crippen LogP contribution in [-0.2, 0) is 26.0 Å². The lowest BCUT2D eigenvalue weighted by atomic mass is 10.1. The van der Waals surface area contributed by atoms with Crippen LogP contribution >= 0.6 is 11.3 Å². The Hall–Kier alpha value is -2.82. The molecule has 0 radical (unpaired) electrons. The normalized spacial score (nSPS) is 15.7. The number of rotatable bonds is 6. The Kier molecular flexibility index (Phi) is 6.02. The number of hydrogen-bond donors (Lipinski definition) is 2. The van der Waals surface area contributed by atoms with Gasteiger partial charge in [-0.05, 0) is 61.7 Å². The molecule has 1 aliphatic heterocycles. The number of carbonyl (C=O) groups is 2. The summed E-state index contributed by atoms with van der Waals surface area (Å²) in [6.07, 6.45) is 0.580. The van der Waals surface area contributed by atoms with E-state index in [1.165, 1.54) is 24.3 Å². The molecule has 8 nitrogen and oxygen atoms in total. The molecule has 1 aromatic heterocycles. The maximum atomic E-state index is 12.7. The van der Waals surface area contributed by atoms with Crippen LogP contribution in [0.4, 0.5) is 10.8 Å². The molecule has 0 saturated carbocycles. The Morgan fingerprint density at radius 2 is 2.00 bits per heavy atom. The summed E-state index contributed by atoms with van der Waals surface area (Å²) in [7, 11) is -3.78. The molecular formula is C22H24N4O4S2. The first-order chi connectivity index (χ1) is 15.1. The number of amides is 2. The van der Waals surface area contributed by atoms with Gasteiger partial charge in [-0.15, -0.1) is 0 Å². The van der Waals surface area contributed by atoms with Crippen molar-refractivity contribution < 1.29 is 18.0 Å². The van der Waals surface area contributed by atoms with Crippen molar-refractivity contribution in [2.75, 3.05) is 16.8 Å². The van der Waals surface area contributed by atoms with Gasteiger partial charge in [0.1, 0.15) is 0 Å². The third-order valence-corrected chi connectivity index (χ3v) is 7.74. The predicted octanol–water partition coefficient (Wildman–Crippen LogP) is 3.21. The van der Waals surface area contributed by atoms with Gasteiger partial charge in [0.2, 0.25) is 21.8 Å². The molecule has 0 spiro atoms. The highest BCUT2D eigenvalue weighted by Crippen LogP contribution is 2.34. The van der Waals surface area contributed by atoms with Crippen molar-refractivity contribution in [3.8, 4) is 0 Å². The molecule has 0 bridgehead atoms. The van der Waals surface area contributed by atoms with Crippen molar-refractivity contribution >= 4 is 54.2 Å². The van der Waals surface area contributed by atoms with Gasteiger partial charge in [0.25, 0.3) is 0 Å². The van der Waals surface area contributed by atoms with E-state index in [1.807, 2.05) is 32.0 Å². The van der Waals surface area contributed by atoms with Gasteiger partial charge in [0.15, 0.2) is 5.13 Å². The summed E-state index contributed by atoms with van der Waals surface area (Å²) in [6.45, 7) is 5.38. The smallest absolute Gasteiger partial charge is 0.240 e. The Balaban J connectivity index is 1.36.